The van der Waals surface area contributed by atoms with Gasteiger partial charge in [-0.25, -0.2) is 8.78 Å². The van der Waals surface area contributed by atoms with Crippen molar-refractivity contribution in [3.8, 4) is 0 Å². The predicted octanol–water partition coefficient (Wildman–Crippen LogP) is 2.81. The molecule has 0 spiro atoms. The molecule has 0 unspecified atom stereocenters. The lowest BCUT2D eigenvalue weighted by Crippen LogP contribution is -2.50. The molecule has 1 amide bonds. The summed E-state index contributed by atoms with van der Waals surface area (Å²) in [5, 5.41) is 0. The highest BCUT2D eigenvalue weighted by atomic mass is 32.2. The first-order chi connectivity index (χ1) is 11.1. The van der Waals surface area contributed by atoms with Crippen LogP contribution < -0.4 is 0 Å². The Bertz CT molecular complexity index is 566. The van der Waals surface area contributed by atoms with Crippen LogP contribution in [0, 0.1) is 11.6 Å². The Labute approximate surface area is 138 Å². The van der Waals surface area contributed by atoms with E-state index in [1.54, 1.807) is 0 Å². The van der Waals surface area contributed by atoms with E-state index in [2.05, 4.69) is 0 Å². The van der Waals surface area contributed by atoms with E-state index in [4.69, 9.17) is 9.47 Å². The van der Waals surface area contributed by atoms with Gasteiger partial charge in [0, 0.05) is 11.4 Å². The largest absolute Gasteiger partial charge is 0.348 e. The van der Waals surface area contributed by atoms with Crippen LogP contribution in [0.25, 0.3) is 0 Å². The predicted molar refractivity (Wildman–Crippen MR) is 82.1 cm³/mol. The topological polar surface area (TPSA) is 38.8 Å². The number of carbonyl (C=O) groups excluding carboxylic acids is 1. The number of nitrogens with zero attached hydrogens (tertiary/aromatic N) is 1. The van der Waals surface area contributed by atoms with E-state index in [9.17, 15) is 13.6 Å². The standard InChI is InChI=1S/C16H19F2NO3S/c17-12-5-4-11(9-13(12)18)23-10-15(20)19-6-2-1-3-14(19)16-21-7-8-22-16/h4-5,9,14,16H,1-3,6-8,10H2/t14-/m1/s1. The smallest absolute Gasteiger partial charge is 0.233 e. The summed E-state index contributed by atoms with van der Waals surface area (Å²) in [6, 6.07) is 3.62. The fourth-order valence-electron chi connectivity index (χ4n) is 2.94. The van der Waals surface area contributed by atoms with Gasteiger partial charge in [-0.2, -0.15) is 0 Å². The lowest BCUT2D eigenvalue weighted by Gasteiger charge is -2.38. The molecule has 0 aliphatic carbocycles. The zero-order valence-corrected chi connectivity index (χ0v) is 13.5. The molecule has 0 N–H and O–H groups in total. The lowest BCUT2D eigenvalue weighted by molar-refractivity contribution is -0.148. The van der Waals surface area contributed by atoms with Crippen molar-refractivity contribution in [2.75, 3.05) is 25.5 Å². The number of benzene rings is 1. The molecule has 0 radical (unpaired) electrons. The van der Waals surface area contributed by atoms with Gasteiger partial charge in [-0.15, -0.1) is 11.8 Å². The van der Waals surface area contributed by atoms with Gasteiger partial charge in [-0.1, -0.05) is 0 Å². The van der Waals surface area contributed by atoms with Crippen molar-refractivity contribution in [3.05, 3.63) is 29.8 Å². The Kier molecular flexibility index (Phi) is 5.50. The van der Waals surface area contributed by atoms with Gasteiger partial charge in [0.1, 0.15) is 0 Å². The molecule has 2 saturated heterocycles. The molecule has 2 fully saturated rings. The molecular formula is C16H19F2NO3S. The summed E-state index contributed by atoms with van der Waals surface area (Å²) in [6.07, 6.45) is 2.54. The number of hydrogen-bond acceptors (Lipinski definition) is 4. The maximum absolute atomic E-state index is 13.2. The molecule has 2 aliphatic heterocycles. The number of piperidine rings is 1. The van der Waals surface area contributed by atoms with Crippen molar-refractivity contribution < 1.29 is 23.0 Å². The number of likely N-dealkylation sites (tertiary alicyclic amines) is 1. The second-order valence-electron chi connectivity index (χ2n) is 5.62. The minimum absolute atomic E-state index is 0.0245. The van der Waals surface area contributed by atoms with Gasteiger partial charge in [0.15, 0.2) is 17.9 Å². The maximum Gasteiger partial charge on any atom is 0.233 e. The number of rotatable bonds is 4. The molecule has 4 nitrogen and oxygen atoms in total. The highest BCUT2D eigenvalue weighted by Gasteiger charge is 2.35. The zero-order chi connectivity index (χ0) is 16.2. The summed E-state index contributed by atoms with van der Waals surface area (Å²) in [6.45, 7) is 1.81. The molecule has 0 saturated carbocycles. The van der Waals surface area contributed by atoms with E-state index in [0.29, 0.717) is 24.7 Å². The average Bonchev–Trinajstić information content (AvgIpc) is 3.10. The van der Waals surface area contributed by atoms with Gasteiger partial charge in [0.05, 0.1) is 25.0 Å². The highest BCUT2D eigenvalue weighted by Crippen LogP contribution is 2.27. The average molecular weight is 343 g/mol. The van der Waals surface area contributed by atoms with Crippen LogP contribution in [0.15, 0.2) is 23.1 Å². The van der Waals surface area contributed by atoms with Crippen molar-refractivity contribution in [2.24, 2.45) is 0 Å². The molecule has 126 valence electrons. The number of amides is 1. The van der Waals surface area contributed by atoms with Crippen molar-refractivity contribution in [2.45, 2.75) is 36.5 Å². The van der Waals surface area contributed by atoms with Crippen molar-refractivity contribution in [1.82, 2.24) is 4.90 Å². The quantitative estimate of drug-likeness (QED) is 0.788. The summed E-state index contributed by atoms with van der Waals surface area (Å²) < 4.78 is 37.2. The lowest BCUT2D eigenvalue weighted by atomic mass is 10.0. The molecule has 1 atom stereocenters. The maximum atomic E-state index is 13.2. The highest BCUT2D eigenvalue weighted by molar-refractivity contribution is 8.00. The van der Waals surface area contributed by atoms with Gasteiger partial charge in [0.25, 0.3) is 0 Å². The molecule has 7 heteroatoms. The summed E-state index contributed by atoms with van der Waals surface area (Å²) in [5.41, 5.74) is 0. The van der Waals surface area contributed by atoms with Crippen LogP contribution in [0.2, 0.25) is 0 Å². The van der Waals surface area contributed by atoms with Crippen molar-refractivity contribution in [1.29, 1.82) is 0 Å². The second-order valence-corrected chi connectivity index (χ2v) is 6.67. The summed E-state index contributed by atoms with van der Waals surface area (Å²) in [4.78, 5) is 14.9. The SMILES string of the molecule is O=C(CSc1ccc(F)c(F)c1)N1CCCC[C@@H]1C1OCCO1. The van der Waals surface area contributed by atoms with E-state index in [-0.39, 0.29) is 24.0 Å². The Morgan fingerprint density at radius 1 is 1.22 bits per heavy atom. The number of carbonyl (C=O) groups is 1. The Morgan fingerprint density at radius 3 is 2.74 bits per heavy atom. The Morgan fingerprint density at radius 2 is 2.00 bits per heavy atom. The summed E-state index contributed by atoms with van der Waals surface area (Å²) in [7, 11) is 0. The molecule has 1 aromatic rings. The normalized spacial score (nSPS) is 22.5. The first kappa shape index (κ1) is 16.7. The van der Waals surface area contributed by atoms with Crippen LogP contribution in [-0.2, 0) is 14.3 Å². The Balaban J connectivity index is 1.60. The third-order valence-corrected chi connectivity index (χ3v) is 5.06. The van der Waals surface area contributed by atoms with Crippen LogP contribution in [0.4, 0.5) is 8.78 Å². The van der Waals surface area contributed by atoms with Gasteiger partial charge >= 0.3 is 0 Å². The molecule has 0 bridgehead atoms. The minimum Gasteiger partial charge on any atom is -0.348 e. The summed E-state index contributed by atoms with van der Waals surface area (Å²) in [5.74, 6) is -1.62. The molecule has 3 rings (SSSR count). The third kappa shape index (κ3) is 4.02. The third-order valence-electron chi connectivity index (χ3n) is 4.08. The number of thioether (sulfide) groups is 1. The van der Waals surface area contributed by atoms with Gasteiger partial charge in [0.2, 0.25) is 5.91 Å². The fourth-order valence-corrected chi connectivity index (χ4v) is 3.75. The zero-order valence-electron chi connectivity index (χ0n) is 12.7. The van der Waals surface area contributed by atoms with E-state index < -0.39 is 11.6 Å². The number of hydrogen-bond donors (Lipinski definition) is 0. The first-order valence-corrected chi connectivity index (χ1v) is 8.74. The monoisotopic (exact) mass is 343 g/mol. The molecule has 23 heavy (non-hydrogen) atoms. The van der Waals surface area contributed by atoms with Crippen molar-refractivity contribution in [3.63, 3.8) is 0 Å². The van der Waals surface area contributed by atoms with Crippen LogP contribution in [0.3, 0.4) is 0 Å². The van der Waals surface area contributed by atoms with E-state index in [1.165, 1.54) is 17.8 Å². The summed E-state index contributed by atoms with van der Waals surface area (Å²) >= 11 is 1.21. The fraction of sp³-hybridized carbons (Fsp3) is 0.562. The molecule has 0 aromatic heterocycles. The van der Waals surface area contributed by atoms with Crippen LogP contribution in [0.1, 0.15) is 19.3 Å². The Hall–Kier alpha value is -1.18. The van der Waals surface area contributed by atoms with E-state index in [1.807, 2.05) is 4.90 Å². The van der Waals surface area contributed by atoms with Crippen molar-refractivity contribution >= 4 is 17.7 Å². The van der Waals surface area contributed by atoms with Crippen LogP contribution in [-0.4, -0.2) is 48.7 Å². The number of halogens is 2. The molecule has 2 aliphatic rings. The van der Waals surface area contributed by atoms with Gasteiger partial charge in [-0.3, -0.25) is 4.79 Å². The van der Waals surface area contributed by atoms with Crippen LogP contribution >= 0.6 is 11.8 Å². The first-order valence-electron chi connectivity index (χ1n) is 7.75. The molecule has 2 heterocycles. The van der Waals surface area contributed by atoms with E-state index in [0.717, 1.165) is 31.4 Å². The van der Waals surface area contributed by atoms with Gasteiger partial charge in [-0.05, 0) is 37.5 Å². The second kappa shape index (κ2) is 7.59. The molecule has 1 aromatic carbocycles. The van der Waals surface area contributed by atoms with Gasteiger partial charge < -0.3 is 14.4 Å². The number of ether oxygens (including phenoxy) is 2. The minimum atomic E-state index is -0.897. The molecular weight excluding hydrogens is 324 g/mol. The van der Waals surface area contributed by atoms with Crippen LogP contribution in [0.5, 0.6) is 0 Å². The van der Waals surface area contributed by atoms with E-state index >= 15 is 0 Å².